The largest absolute Gasteiger partial charge is 0.326 e. The van der Waals surface area contributed by atoms with E-state index in [1.807, 2.05) is 72.8 Å². The average Bonchev–Trinajstić information content (AvgIpc) is 2.81. The lowest BCUT2D eigenvalue weighted by molar-refractivity contribution is -0.121. The molecule has 30 heavy (non-hydrogen) atoms. The number of carbonyl (C=O) groups excluding carboxylic acids is 2. The van der Waals surface area contributed by atoms with Crippen molar-refractivity contribution >= 4 is 23.3 Å². The topological polar surface area (TPSA) is 61.4 Å². The van der Waals surface area contributed by atoms with Gasteiger partial charge in [-0.25, -0.2) is 4.79 Å². The Morgan fingerprint density at radius 2 is 1.33 bits per heavy atom. The van der Waals surface area contributed by atoms with E-state index in [2.05, 4.69) is 22.8 Å². The zero-order valence-corrected chi connectivity index (χ0v) is 16.8. The number of piperidine rings is 1. The van der Waals surface area contributed by atoms with Crippen LogP contribution in [-0.2, 0) is 4.79 Å². The lowest BCUT2D eigenvalue weighted by Crippen LogP contribution is -2.45. The van der Waals surface area contributed by atoms with Crippen LogP contribution in [0.1, 0.15) is 12.8 Å². The van der Waals surface area contributed by atoms with E-state index in [4.69, 9.17) is 0 Å². The smallest absolute Gasteiger partial charge is 0.321 e. The number of para-hydroxylation sites is 1. The number of rotatable bonds is 4. The van der Waals surface area contributed by atoms with Gasteiger partial charge in [0, 0.05) is 24.5 Å². The predicted molar refractivity (Wildman–Crippen MR) is 120 cm³/mol. The van der Waals surface area contributed by atoms with E-state index in [9.17, 15) is 9.59 Å². The molecule has 4 rings (SSSR count). The van der Waals surface area contributed by atoms with E-state index in [0.29, 0.717) is 13.1 Å². The Morgan fingerprint density at radius 3 is 2.03 bits per heavy atom. The molecule has 152 valence electrons. The molecule has 2 N–H and O–H groups in total. The third-order valence-electron chi connectivity index (χ3n) is 5.36. The van der Waals surface area contributed by atoms with Crippen LogP contribution >= 0.6 is 0 Å². The summed E-state index contributed by atoms with van der Waals surface area (Å²) in [6.45, 7) is 1.08. The summed E-state index contributed by atoms with van der Waals surface area (Å²) < 4.78 is 0. The van der Waals surface area contributed by atoms with Crippen LogP contribution in [-0.4, -0.2) is 29.9 Å². The molecule has 3 amide bonds. The van der Waals surface area contributed by atoms with Gasteiger partial charge in [-0.05, 0) is 48.2 Å². The van der Waals surface area contributed by atoms with Crippen LogP contribution in [0, 0.1) is 5.92 Å². The van der Waals surface area contributed by atoms with Gasteiger partial charge in [-0.15, -0.1) is 0 Å². The summed E-state index contributed by atoms with van der Waals surface area (Å²) in [6.07, 6.45) is 1.59. The first kappa shape index (κ1) is 19.7. The molecule has 1 aliphatic heterocycles. The van der Waals surface area contributed by atoms with Gasteiger partial charge in [0.05, 0.1) is 5.92 Å². The van der Waals surface area contributed by atoms with Gasteiger partial charge in [0.15, 0.2) is 0 Å². The molecule has 0 saturated carbocycles. The van der Waals surface area contributed by atoms with Gasteiger partial charge >= 0.3 is 6.03 Å². The summed E-state index contributed by atoms with van der Waals surface area (Å²) in [5.74, 6) is -0.256. The fourth-order valence-corrected chi connectivity index (χ4v) is 3.72. The summed E-state index contributed by atoms with van der Waals surface area (Å²) in [6, 6.07) is 27.2. The molecule has 1 heterocycles. The second-order valence-electron chi connectivity index (χ2n) is 7.51. The second-order valence-corrected chi connectivity index (χ2v) is 7.51. The molecule has 1 fully saturated rings. The number of benzene rings is 3. The highest BCUT2D eigenvalue weighted by atomic mass is 16.2. The summed E-state index contributed by atoms with van der Waals surface area (Å²) in [5, 5.41) is 5.90. The van der Waals surface area contributed by atoms with Gasteiger partial charge in [-0.3, -0.25) is 4.79 Å². The number of hydrogen-bond acceptors (Lipinski definition) is 2. The number of amides is 3. The molecule has 1 atom stereocenters. The van der Waals surface area contributed by atoms with Crippen LogP contribution in [0.4, 0.5) is 16.2 Å². The van der Waals surface area contributed by atoms with Crippen molar-refractivity contribution in [1.29, 1.82) is 0 Å². The Labute approximate surface area is 176 Å². The van der Waals surface area contributed by atoms with Crippen molar-refractivity contribution in [3.05, 3.63) is 84.9 Å². The van der Waals surface area contributed by atoms with E-state index in [1.54, 1.807) is 4.90 Å². The second kappa shape index (κ2) is 9.27. The quantitative estimate of drug-likeness (QED) is 0.630. The van der Waals surface area contributed by atoms with E-state index in [1.165, 1.54) is 0 Å². The van der Waals surface area contributed by atoms with Gasteiger partial charge in [0.25, 0.3) is 0 Å². The molecular weight excluding hydrogens is 374 g/mol. The lowest BCUT2D eigenvalue weighted by Gasteiger charge is -2.32. The van der Waals surface area contributed by atoms with Crippen LogP contribution in [0.15, 0.2) is 84.9 Å². The molecule has 3 aromatic rings. The Balaban J connectivity index is 1.34. The summed E-state index contributed by atoms with van der Waals surface area (Å²) in [5.41, 5.74) is 3.77. The maximum atomic E-state index is 12.8. The van der Waals surface area contributed by atoms with Crippen LogP contribution in [0.5, 0.6) is 0 Å². The standard InChI is InChI=1S/C25H25N3O2/c29-24(26-23-15-13-20(14-16-23)19-8-3-1-4-9-19)21-10-7-17-28(18-21)25(30)27-22-11-5-2-6-12-22/h1-6,8-9,11-16,21H,7,10,17-18H2,(H,26,29)(H,27,30)/t21-/m1/s1. The molecule has 1 saturated heterocycles. The third kappa shape index (κ3) is 4.87. The molecule has 5 nitrogen and oxygen atoms in total. The Bertz CT molecular complexity index is 988. The predicted octanol–water partition coefficient (Wildman–Crippen LogP) is 5.24. The minimum atomic E-state index is -0.214. The van der Waals surface area contributed by atoms with Gasteiger partial charge in [-0.2, -0.15) is 0 Å². The van der Waals surface area contributed by atoms with E-state index < -0.39 is 0 Å². The Morgan fingerprint density at radius 1 is 0.733 bits per heavy atom. The van der Waals surface area contributed by atoms with Crippen molar-refractivity contribution in [2.45, 2.75) is 12.8 Å². The van der Waals surface area contributed by atoms with E-state index in [0.717, 1.165) is 35.3 Å². The molecule has 1 aliphatic rings. The normalized spacial score (nSPS) is 16.0. The minimum absolute atomic E-state index is 0.0420. The van der Waals surface area contributed by atoms with E-state index in [-0.39, 0.29) is 17.9 Å². The Kier molecular flexibility index (Phi) is 6.09. The number of nitrogens with one attached hydrogen (secondary N) is 2. The molecule has 3 aromatic carbocycles. The molecule has 0 aromatic heterocycles. The zero-order valence-electron chi connectivity index (χ0n) is 16.8. The van der Waals surface area contributed by atoms with Crippen LogP contribution in [0.25, 0.3) is 11.1 Å². The minimum Gasteiger partial charge on any atom is -0.326 e. The van der Waals surface area contributed by atoms with Gasteiger partial charge < -0.3 is 15.5 Å². The van der Waals surface area contributed by atoms with Crippen molar-refractivity contribution in [2.75, 3.05) is 23.7 Å². The molecular formula is C25H25N3O2. The maximum absolute atomic E-state index is 12.8. The zero-order chi connectivity index (χ0) is 20.8. The van der Waals surface area contributed by atoms with Gasteiger partial charge in [0.1, 0.15) is 0 Å². The summed E-state index contributed by atoms with van der Waals surface area (Å²) in [7, 11) is 0. The monoisotopic (exact) mass is 399 g/mol. The van der Waals surface area contributed by atoms with Crippen molar-refractivity contribution in [2.24, 2.45) is 5.92 Å². The maximum Gasteiger partial charge on any atom is 0.321 e. The van der Waals surface area contributed by atoms with E-state index >= 15 is 0 Å². The fourth-order valence-electron chi connectivity index (χ4n) is 3.72. The van der Waals surface area contributed by atoms with Crippen molar-refractivity contribution < 1.29 is 9.59 Å². The van der Waals surface area contributed by atoms with Crippen molar-refractivity contribution in [3.8, 4) is 11.1 Å². The number of nitrogens with zero attached hydrogens (tertiary/aromatic N) is 1. The number of urea groups is 1. The highest BCUT2D eigenvalue weighted by molar-refractivity contribution is 5.94. The SMILES string of the molecule is O=C(Nc1ccc(-c2ccccc2)cc1)[C@@H]1CCCN(C(=O)Nc2ccccc2)C1. The lowest BCUT2D eigenvalue weighted by atomic mass is 9.97. The number of anilines is 2. The first-order valence-electron chi connectivity index (χ1n) is 10.3. The highest BCUT2D eigenvalue weighted by Crippen LogP contribution is 2.23. The number of likely N-dealkylation sites (tertiary alicyclic amines) is 1. The molecule has 0 radical (unpaired) electrons. The van der Waals surface area contributed by atoms with Crippen molar-refractivity contribution in [1.82, 2.24) is 4.90 Å². The molecule has 0 spiro atoms. The van der Waals surface area contributed by atoms with Crippen LogP contribution in [0.3, 0.4) is 0 Å². The molecule has 5 heteroatoms. The van der Waals surface area contributed by atoms with Gasteiger partial charge in [0.2, 0.25) is 5.91 Å². The summed E-state index contributed by atoms with van der Waals surface area (Å²) in [4.78, 5) is 27.1. The van der Waals surface area contributed by atoms with Crippen LogP contribution < -0.4 is 10.6 Å². The number of hydrogen-bond donors (Lipinski definition) is 2. The summed E-state index contributed by atoms with van der Waals surface area (Å²) >= 11 is 0. The fraction of sp³-hybridized carbons (Fsp3) is 0.200. The average molecular weight is 399 g/mol. The third-order valence-corrected chi connectivity index (χ3v) is 5.36. The molecule has 0 bridgehead atoms. The first-order chi connectivity index (χ1) is 14.7. The Hall–Kier alpha value is -3.60. The molecule has 0 aliphatic carbocycles. The van der Waals surface area contributed by atoms with Gasteiger partial charge in [-0.1, -0.05) is 60.7 Å². The first-order valence-corrected chi connectivity index (χ1v) is 10.3. The van der Waals surface area contributed by atoms with Crippen LogP contribution in [0.2, 0.25) is 0 Å². The van der Waals surface area contributed by atoms with Crippen molar-refractivity contribution in [3.63, 3.8) is 0 Å². The highest BCUT2D eigenvalue weighted by Gasteiger charge is 2.28. The molecule has 0 unspecified atom stereocenters. The number of carbonyl (C=O) groups is 2.